The predicted molar refractivity (Wildman–Crippen MR) is 111 cm³/mol. The minimum atomic E-state index is -4.49. The quantitative estimate of drug-likeness (QED) is 0.494. The Kier molecular flexibility index (Phi) is 6.54. The summed E-state index contributed by atoms with van der Waals surface area (Å²) in [6.45, 7) is 1.55. The van der Waals surface area contributed by atoms with Gasteiger partial charge in [-0.2, -0.15) is 13.2 Å². The lowest BCUT2D eigenvalue weighted by Gasteiger charge is -2.16. The maximum atomic E-state index is 13.0. The van der Waals surface area contributed by atoms with Crippen molar-refractivity contribution in [2.75, 3.05) is 4.72 Å². The fraction of sp³-hybridized carbons (Fsp3) is 0.136. The van der Waals surface area contributed by atoms with Crippen LogP contribution in [0, 0.1) is 5.82 Å². The Hall–Kier alpha value is -3.40. The van der Waals surface area contributed by atoms with Gasteiger partial charge in [-0.05, 0) is 73.2 Å². The van der Waals surface area contributed by atoms with E-state index in [1.54, 1.807) is 6.92 Å². The van der Waals surface area contributed by atoms with Crippen molar-refractivity contribution in [3.63, 3.8) is 0 Å². The number of carbonyl (C=O) groups is 1. The molecular formula is C22H18F4N2O3S. The van der Waals surface area contributed by atoms with Gasteiger partial charge in [0.05, 0.1) is 16.5 Å². The fourth-order valence-corrected chi connectivity index (χ4v) is 3.92. The highest BCUT2D eigenvalue weighted by Crippen LogP contribution is 2.30. The zero-order valence-electron chi connectivity index (χ0n) is 16.7. The van der Waals surface area contributed by atoms with Crippen molar-refractivity contribution in [3.8, 4) is 0 Å². The van der Waals surface area contributed by atoms with Gasteiger partial charge in [-0.1, -0.05) is 12.1 Å². The van der Waals surface area contributed by atoms with Crippen molar-refractivity contribution in [2.45, 2.75) is 24.0 Å². The second kappa shape index (κ2) is 8.99. The smallest absolute Gasteiger partial charge is 0.346 e. The average molecular weight is 466 g/mol. The molecule has 168 valence electrons. The second-order valence-corrected chi connectivity index (χ2v) is 8.64. The second-order valence-electron chi connectivity index (χ2n) is 6.96. The fourth-order valence-electron chi connectivity index (χ4n) is 2.87. The predicted octanol–water partition coefficient (Wildman–Crippen LogP) is 5.14. The van der Waals surface area contributed by atoms with Gasteiger partial charge >= 0.3 is 6.18 Å². The van der Waals surface area contributed by atoms with Gasteiger partial charge in [-0.25, -0.2) is 12.8 Å². The summed E-state index contributed by atoms with van der Waals surface area (Å²) in [4.78, 5) is 12.3. The lowest BCUT2D eigenvalue weighted by atomic mass is 10.0. The molecule has 0 fully saturated rings. The Balaban J connectivity index is 1.68. The lowest BCUT2D eigenvalue weighted by Crippen LogP contribution is -2.26. The van der Waals surface area contributed by atoms with Crippen molar-refractivity contribution in [1.29, 1.82) is 0 Å². The molecule has 0 heterocycles. The van der Waals surface area contributed by atoms with E-state index in [4.69, 9.17) is 0 Å². The number of hydrogen-bond donors (Lipinski definition) is 2. The largest absolute Gasteiger partial charge is 0.416 e. The topological polar surface area (TPSA) is 75.3 Å². The average Bonchev–Trinajstić information content (AvgIpc) is 2.73. The van der Waals surface area contributed by atoms with Crippen LogP contribution >= 0.6 is 0 Å². The van der Waals surface area contributed by atoms with E-state index in [1.807, 2.05) is 0 Å². The van der Waals surface area contributed by atoms with Gasteiger partial charge in [-0.3, -0.25) is 9.52 Å². The highest BCUT2D eigenvalue weighted by molar-refractivity contribution is 7.92. The molecule has 0 saturated carbocycles. The third kappa shape index (κ3) is 5.64. The van der Waals surface area contributed by atoms with Crippen LogP contribution < -0.4 is 10.0 Å². The molecule has 1 atom stereocenters. The number of nitrogens with one attached hydrogen (secondary N) is 2. The first-order chi connectivity index (χ1) is 15.0. The first-order valence-electron chi connectivity index (χ1n) is 9.32. The Labute approximate surface area is 182 Å². The molecule has 0 aliphatic heterocycles. The minimum Gasteiger partial charge on any atom is -0.346 e. The Bertz CT molecular complexity index is 1210. The van der Waals surface area contributed by atoms with Gasteiger partial charge in [0.15, 0.2) is 0 Å². The molecule has 0 bridgehead atoms. The van der Waals surface area contributed by atoms with Gasteiger partial charge in [0.1, 0.15) is 5.82 Å². The molecular weight excluding hydrogens is 448 g/mol. The van der Waals surface area contributed by atoms with Gasteiger partial charge in [-0.15, -0.1) is 0 Å². The zero-order chi connectivity index (χ0) is 23.5. The summed E-state index contributed by atoms with van der Waals surface area (Å²) >= 11 is 0. The van der Waals surface area contributed by atoms with E-state index < -0.39 is 39.5 Å². The number of carbonyl (C=O) groups excluding carboxylic acids is 1. The van der Waals surface area contributed by atoms with E-state index in [0.717, 1.165) is 36.4 Å². The number of rotatable bonds is 6. The Morgan fingerprint density at radius 3 is 2.16 bits per heavy atom. The van der Waals surface area contributed by atoms with E-state index >= 15 is 0 Å². The SMILES string of the molecule is CC(NC(=O)c1ccc(NS(=O)(=O)c2ccc(F)cc2)cc1)c1cccc(C(F)(F)F)c1. The first-order valence-corrected chi connectivity index (χ1v) is 10.8. The van der Waals surface area contributed by atoms with Crippen molar-refractivity contribution >= 4 is 21.6 Å². The lowest BCUT2D eigenvalue weighted by molar-refractivity contribution is -0.137. The number of benzene rings is 3. The molecule has 32 heavy (non-hydrogen) atoms. The van der Waals surface area contributed by atoms with Gasteiger partial charge in [0.2, 0.25) is 0 Å². The van der Waals surface area contributed by atoms with Crippen molar-refractivity contribution in [1.82, 2.24) is 5.32 Å². The number of hydrogen-bond acceptors (Lipinski definition) is 3. The molecule has 2 N–H and O–H groups in total. The molecule has 0 aliphatic rings. The number of anilines is 1. The van der Waals surface area contributed by atoms with Crippen LogP contribution in [0.2, 0.25) is 0 Å². The standard InChI is InChI=1S/C22H18F4N2O3S/c1-14(16-3-2-4-17(13-16)22(24,25)26)27-21(29)15-5-9-19(10-6-15)28-32(30,31)20-11-7-18(23)8-12-20/h2-14,28H,1H3,(H,27,29). The van der Waals surface area contributed by atoms with Crippen molar-refractivity contribution < 1.29 is 30.8 Å². The Morgan fingerprint density at radius 1 is 0.938 bits per heavy atom. The summed E-state index contributed by atoms with van der Waals surface area (Å²) in [5.74, 6) is -1.11. The summed E-state index contributed by atoms with van der Waals surface area (Å²) in [5.41, 5.74) is -0.156. The van der Waals surface area contributed by atoms with Crippen LogP contribution in [-0.2, 0) is 16.2 Å². The molecule has 1 amide bonds. The van der Waals surface area contributed by atoms with Gasteiger partial charge in [0, 0.05) is 11.3 Å². The molecule has 0 radical (unpaired) electrons. The molecule has 5 nitrogen and oxygen atoms in total. The van der Waals surface area contributed by atoms with E-state index in [0.29, 0.717) is 0 Å². The first kappa shape index (κ1) is 23.3. The number of halogens is 4. The molecule has 0 spiro atoms. The minimum absolute atomic E-state index is 0.129. The molecule has 3 aromatic carbocycles. The van der Waals surface area contributed by atoms with E-state index in [9.17, 15) is 30.8 Å². The zero-order valence-corrected chi connectivity index (χ0v) is 17.5. The monoisotopic (exact) mass is 466 g/mol. The molecule has 0 aromatic heterocycles. The van der Waals surface area contributed by atoms with Crippen LogP contribution in [0.5, 0.6) is 0 Å². The van der Waals surface area contributed by atoms with Crippen LogP contribution in [0.1, 0.15) is 34.5 Å². The molecule has 1 unspecified atom stereocenters. The normalized spacial score (nSPS) is 12.8. The number of alkyl halides is 3. The third-order valence-electron chi connectivity index (χ3n) is 4.58. The van der Waals surface area contributed by atoms with Crippen LogP contribution in [0.25, 0.3) is 0 Å². The van der Waals surface area contributed by atoms with Crippen LogP contribution in [-0.4, -0.2) is 14.3 Å². The van der Waals surface area contributed by atoms with Gasteiger partial charge in [0.25, 0.3) is 15.9 Å². The molecule has 10 heteroatoms. The summed E-state index contributed by atoms with van der Waals surface area (Å²) < 4.78 is 78.6. The van der Waals surface area contributed by atoms with Gasteiger partial charge < -0.3 is 5.32 Å². The van der Waals surface area contributed by atoms with Crippen LogP contribution in [0.3, 0.4) is 0 Å². The summed E-state index contributed by atoms with van der Waals surface area (Å²) in [6, 6.07) is 13.7. The number of sulfonamides is 1. The van der Waals surface area contributed by atoms with E-state index in [2.05, 4.69) is 10.0 Å². The Morgan fingerprint density at radius 2 is 1.56 bits per heavy atom. The van der Waals surface area contributed by atoms with E-state index in [1.165, 1.54) is 36.4 Å². The summed E-state index contributed by atoms with van der Waals surface area (Å²) in [6.07, 6.45) is -4.49. The highest BCUT2D eigenvalue weighted by atomic mass is 32.2. The van der Waals surface area contributed by atoms with E-state index in [-0.39, 0.29) is 21.7 Å². The molecule has 3 aromatic rings. The molecule has 3 rings (SSSR count). The van der Waals surface area contributed by atoms with Crippen LogP contribution in [0.15, 0.2) is 77.7 Å². The van der Waals surface area contributed by atoms with Crippen molar-refractivity contribution in [3.05, 3.63) is 95.3 Å². The summed E-state index contributed by atoms with van der Waals surface area (Å²) in [7, 11) is -3.94. The highest BCUT2D eigenvalue weighted by Gasteiger charge is 2.30. The maximum Gasteiger partial charge on any atom is 0.416 e. The maximum absolute atomic E-state index is 13.0. The number of amides is 1. The van der Waals surface area contributed by atoms with Crippen molar-refractivity contribution in [2.24, 2.45) is 0 Å². The molecule has 0 saturated heterocycles. The van der Waals surface area contributed by atoms with Crippen LogP contribution in [0.4, 0.5) is 23.2 Å². The third-order valence-corrected chi connectivity index (χ3v) is 5.98. The summed E-state index contributed by atoms with van der Waals surface area (Å²) in [5, 5.41) is 2.61. The molecule has 0 aliphatic carbocycles.